The number of aromatic nitrogens is 2. The van der Waals surface area contributed by atoms with E-state index in [1.54, 1.807) is 28.0 Å². The third kappa shape index (κ3) is 4.37. The third-order valence-corrected chi connectivity index (χ3v) is 7.29. The number of nitrogens with zero attached hydrogens (tertiary/aromatic N) is 3. The predicted molar refractivity (Wildman–Crippen MR) is 130 cm³/mol. The van der Waals surface area contributed by atoms with Crippen LogP contribution in [0.1, 0.15) is 55.1 Å². The average molecular weight is 481 g/mol. The second kappa shape index (κ2) is 9.29. The first-order valence-corrected chi connectivity index (χ1v) is 12.3. The molecular weight excluding hydrogens is 452 g/mol. The van der Waals surface area contributed by atoms with E-state index >= 15 is 0 Å². The summed E-state index contributed by atoms with van der Waals surface area (Å²) in [5.74, 6) is 0.271. The zero-order chi connectivity index (χ0) is 23.7. The first-order valence-electron chi connectivity index (χ1n) is 11.9. The molecule has 3 heterocycles. The van der Waals surface area contributed by atoms with Crippen LogP contribution in [0, 0.1) is 0 Å². The molecule has 1 aliphatic heterocycles. The number of hydrogen-bond donors (Lipinski definition) is 1. The standard InChI is InChI=1S/C26H29ClN4O3/c1-26(25(33)28-20-6-3-2-4-7-20)17-31-22(16-21(29-31)23-8-5-15-34-23)24(32)30(26)14-13-18-9-11-19(27)12-10-18/h5,8-12,15-16,20H,2-4,6-7,13-14,17H2,1H3,(H,28,33). The van der Waals surface area contributed by atoms with E-state index in [1.165, 1.54) is 6.42 Å². The number of rotatable bonds is 6. The normalized spacial score (nSPS) is 20.9. The highest BCUT2D eigenvalue weighted by molar-refractivity contribution is 6.30. The number of halogens is 1. The molecule has 1 unspecified atom stereocenters. The van der Waals surface area contributed by atoms with Crippen molar-refractivity contribution < 1.29 is 14.0 Å². The van der Waals surface area contributed by atoms with Gasteiger partial charge in [0.1, 0.15) is 16.9 Å². The van der Waals surface area contributed by atoms with Crippen LogP contribution < -0.4 is 5.32 Å². The zero-order valence-electron chi connectivity index (χ0n) is 19.3. The first kappa shape index (κ1) is 22.7. The molecule has 3 aromatic rings. The molecule has 0 spiro atoms. The molecule has 2 amide bonds. The highest BCUT2D eigenvalue weighted by Gasteiger charge is 2.48. The molecule has 8 heteroatoms. The van der Waals surface area contributed by atoms with Crippen molar-refractivity contribution in [3.8, 4) is 11.5 Å². The third-order valence-electron chi connectivity index (χ3n) is 7.04. The van der Waals surface area contributed by atoms with Crippen molar-refractivity contribution in [2.75, 3.05) is 6.54 Å². The van der Waals surface area contributed by atoms with Crippen molar-refractivity contribution in [1.29, 1.82) is 0 Å². The monoisotopic (exact) mass is 480 g/mol. The molecule has 0 radical (unpaired) electrons. The van der Waals surface area contributed by atoms with E-state index in [-0.39, 0.29) is 24.4 Å². The van der Waals surface area contributed by atoms with Crippen molar-refractivity contribution in [3.63, 3.8) is 0 Å². The Bertz CT molecular complexity index is 1170. The number of carbonyl (C=O) groups excluding carboxylic acids is 2. The molecule has 1 atom stereocenters. The number of carbonyl (C=O) groups is 2. The fourth-order valence-corrected chi connectivity index (χ4v) is 5.14. The van der Waals surface area contributed by atoms with Gasteiger partial charge in [0.15, 0.2) is 5.76 Å². The van der Waals surface area contributed by atoms with Gasteiger partial charge in [0.05, 0.1) is 12.8 Å². The molecule has 1 saturated carbocycles. The van der Waals surface area contributed by atoms with Crippen molar-refractivity contribution in [2.45, 2.75) is 63.6 Å². The summed E-state index contributed by atoms with van der Waals surface area (Å²) in [6.45, 7) is 2.55. The highest BCUT2D eigenvalue weighted by Crippen LogP contribution is 2.31. The van der Waals surface area contributed by atoms with Crippen LogP contribution >= 0.6 is 11.6 Å². The van der Waals surface area contributed by atoms with Gasteiger partial charge in [-0.25, -0.2) is 0 Å². The van der Waals surface area contributed by atoms with Gasteiger partial charge >= 0.3 is 0 Å². The number of amides is 2. The number of nitrogens with one attached hydrogen (secondary N) is 1. The lowest BCUT2D eigenvalue weighted by molar-refractivity contribution is -0.134. The minimum atomic E-state index is -1.06. The van der Waals surface area contributed by atoms with Gasteiger partial charge in [0, 0.05) is 23.7 Å². The molecule has 0 saturated heterocycles. The van der Waals surface area contributed by atoms with E-state index in [0.717, 1.165) is 31.2 Å². The lowest BCUT2D eigenvalue weighted by atomic mass is 9.91. The highest BCUT2D eigenvalue weighted by atomic mass is 35.5. The van der Waals surface area contributed by atoms with Crippen LogP contribution in [0.2, 0.25) is 5.02 Å². The molecule has 1 aliphatic carbocycles. The quantitative estimate of drug-likeness (QED) is 0.554. The molecule has 1 N–H and O–H groups in total. The van der Waals surface area contributed by atoms with Crippen molar-refractivity contribution >= 4 is 23.4 Å². The maximum atomic E-state index is 13.7. The van der Waals surface area contributed by atoms with Gasteiger partial charge in [0.25, 0.3) is 5.91 Å². The molecule has 5 rings (SSSR count). The maximum absolute atomic E-state index is 13.7. The van der Waals surface area contributed by atoms with Crippen molar-refractivity contribution in [2.24, 2.45) is 0 Å². The summed E-state index contributed by atoms with van der Waals surface area (Å²) in [4.78, 5) is 29.1. The van der Waals surface area contributed by atoms with Crippen LogP contribution in [0.3, 0.4) is 0 Å². The van der Waals surface area contributed by atoms with Crippen LogP contribution in [0.15, 0.2) is 53.1 Å². The van der Waals surface area contributed by atoms with Crippen LogP contribution in [0.25, 0.3) is 11.5 Å². The van der Waals surface area contributed by atoms with Crippen LogP contribution in [0.4, 0.5) is 0 Å². The Hall–Kier alpha value is -3.06. The molecule has 1 fully saturated rings. The Balaban J connectivity index is 1.45. The smallest absolute Gasteiger partial charge is 0.273 e. The van der Waals surface area contributed by atoms with Gasteiger partial charge in [-0.3, -0.25) is 14.3 Å². The van der Waals surface area contributed by atoms with E-state index in [2.05, 4.69) is 10.4 Å². The van der Waals surface area contributed by atoms with E-state index in [9.17, 15) is 9.59 Å². The molecular formula is C26H29ClN4O3. The Morgan fingerprint density at radius 1 is 1.21 bits per heavy atom. The van der Waals surface area contributed by atoms with Gasteiger partial charge in [0.2, 0.25) is 5.91 Å². The topological polar surface area (TPSA) is 80.4 Å². The molecule has 2 aromatic heterocycles. The van der Waals surface area contributed by atoms with Crippen molar-refractivity contribution in [1.82, 2.24) is 20.0 Å². The average Bonchev–Trinajstić information content (AvgIpc) is 3.51. The summed E-state index contributed by atoms with van der Waals surface area (Å²) < 4.78 is 7.14. The molecule has 34 heavy (non-hydrogen) atoms. The number of benzene rings is 1. The lowest BCUT2D eigenvalue weighted by Crippen LogP contribution is -2.65. The Morgan fingerprint density at radius 2 is 1.97 bits per heavy atom. The molecule has 0 bridgehead atoms. The molecule has 7 nitrogen and oxygen atoms in total. The predicted octanol–water partition coefficient (Wildman–Crippen LogP) is 4.70. The summed E-state index contributed by atoms with van der Waals surface area (Å²) in [5.41, 5.74) is 1.05. The summed E-state index contributed by atoms with van der Waals surface area (Å²) in [7, 11) is 0. The minimum absolute atomic E-state index is 0.121. The molecule has 2 aliphatic rings. The van der Waals surface area contributed by atoms with Crippen LogP contribution in [-0.2, 0) is 17.8 Å². The second-order valence-electron chi connectivity index (χ2n) is 9.47. The summed E-state index contributed by atoms with van der Waals surface area (Å²) in [6, 6.07) is 13.1. The van der Waals surface area contributed by atoms with Gasteiger partial charge in [-0.1, -0.05) is 43.0 Å². The van der Waals surface area contributed by atoms with E-state index in [0.29, 0.717) is 35.1 Å². The SMILES string of the molecule is CC1(C(=O)NC2CCCCC2)Cn2nc(-c3ccco3)cc2C(=O)N1CCc1ccc(Cl)cc1. The maximum Gasteiger partial charge on any atom is 0.273 e. The van der Waals surface area contributed by atoms with Gasteiger partial charge in [-0.05, 0) is 56.0 Å². The summed E-state index contributed by atoms with van der Waals surface area (Å²) >= 11 is 6.03. The molecule has 1 aromatic carbocycles. The van der Waals surface area contributed by atoms with E-state index < -0.39 is 5.54 Å². The number of hydrogen-bond acceptors (Lipinski definition) is 4. The lowest BCUT2D eigenvalue weighted by Gasteiger charge is -2.44. The van der Waals surface area contributed by atoms with Gasteiger partial charge in [-0.15, -0.1) is 0 Å². The fraction of sp³-hybridized carbons (Fsp3) is 0.423. The number of furan rings is 1. The summed E-state index contributed by atoms with van der Waals surface area (Å²) in [6.07, 6.45) is 7.62. The largest absolute Gasteiger partial charge is 0.463 e. The number of fused-ring (bicyclic) bond motifs is 1. The van der Waals surface area contributed by atoms with E-state index in [1.807, 2.05) is 37.3 Å². The molecule has 178 valence electrons. The van der Waals surface area contributed by atoms with Gasteiger partial charge < -0.3 is 14.6 Å². The second-order valence-corrected chi connectivity index (χ2v) is 9.90. The Morgan fingerprint density at radius 3 is 2.68 bits per heavy atom. The Kier molecular flexibility index (Phi) is 6.21. The summed E-state index contributed by atoms with van der Waals surface area (Å²) in [5, 5.41) is 8.52. The van der Waals surface area contributed by atoms with Gasteiger partial charge in [-0.2, -0.15) is 5.10 Å². The zero-order valence-corrected chi connectivity index (χ0v) is 20.1. The first-order chi connectivity index (χ1) is 16.4. The van der Waals surface area contributed by atoms with Crippen LogP contribution in [0.5, 0.6) is 0 Å². The Labute approximate surface area is 204 Å². The van der Waals surface area contributed by atoms with Crippen LogP contribution in [-0.4, -0.2) is 44.6 Å². The minimum Gasteiger partial charge on any atom is -0.463 e. The van der Waals surface area contributed by atoms with Crippen molar-refractivity contribution in [3.05, 3.63) is 65.0 Å². The van der Waals surface area contributed by atoms with E-state index in [4.69, 9.17) is 16.0 Å². The fourth-order valence-electron chi connectivity index (χ4n) is 5.02.